The Bertz CT molecular complexity index is 995. The van der Waals surface area contributed by atoms with Gasteiger partial charge in [0.05, 0.1) is 18.8 Å². The zero-order valence-corrected chi connectivity index (χ0v) is 15.3. The van der Waals surface area contributed by atoms with E-state index in [1.54, 1.807) is 17.0 Å². The molecule has 146 valence electrons. The Labute approximate surface area is 160 Å². The van der Waals surface area contributed by atoms with E-state index < -0.39 is 6.17 Å². The first-order valence-electron chi connectivity index (χ1n) is 9.74. The van der Waals surface area contributed by atoms with E-state index in [1.165, 1.54) is 6.42 Å². The third-order valence-electron chi connectivity index (χ3n) is 6.03. The molecule has 9 nitrogen and oxygen atoms in total. The van der Waals surface area contributed by atoms with Gasteiger partial charge in [0.15, 0.2) is 5.65 Å². The van der Waals surface area contributed by atoms with Crippen molar-refractivity contribution in [3.8, 4) is 11.3 Å². The van der Waals surface area contributed by atoms with Crippen molar-refractivity contribution in [1.82, 2.24) is 29.8 Å². The summed E-state index contributed by atoms with van der Waals surface area (Å²) in [6.07, 6.45) is 6.11. The number of aromatic amines is 1. The molecule has 3 aliphatic rings. The van der Waals surface area contributed by atoms with Crippen molar-refractivity contribution in [2.75, 3.05) is 36.5 Å². The van der Waals surface area contributed by atoms with E-state index in [2.05, 4.69) is 30.5 Å². The Balaban J connectivity index is 1.41. The van der Waals surface area contributed by atoms with Crippen molar-refractivity contribution in [2.45, 2.75) is 25.1 Å². The highest BCUT2D eigenvalue weighted by Crippen LogP contribution is 2.48. The molecule has 0 aromatic carbocycles. The monoisotopic (exact) mass is 384 g/mol. The SMILES string of the molecule is FC1COCCC1Nc1nc2c(N3CC4CC4C3)c(-c3cn[nH]c3)ncn2n1. The number of piperidine rings is 1. The number of rotatable bonds is 4. The molecular formula is C18H21FN8O. The van der Waals surface area contributed by atoms with Crippen LogP contribution in [0.15, 0.2) is 18.7 Å². The molecule has 0 spiro atoms. The Kier molecular flexibility index (Phi) is 3.55. The van der Waals surface area contributed by atoms with Gasteiger partial charge in [-0.25, -0.2) is 9.37 Å². The van der Waals surface area contributed by atoms with E-state index in [9.17, 15) is 4.39 Å². The minimum Gasteiger partial charge on any atom is -0.378 e. The molecule has 6 rings (SSSR count). The summed E-state index contributed by atoms with van der Waals surface area (Å²) in [4.78, 5) is 11.7. The standard InChI is InChI=1S/C18H21FN8O/c19-13-8-28-2-1-14(13)23-18-24-17-16(26-6-10-3-11(10)7-26)15(12-4-21-22-5-12)20-9-27(17)25-18/h4-5,9-11,13-14H,1-3,6-8H2,(H,21,22)(H,23,25). The fourth-order valence-electron chi connectivity index (χ4n) is 4.40. The van der Waals surface area contributed by atoms with E-state index in [1.807, 2.05) is 6.20 Å². The van der Waals surface area contributed by atoms with Crippen LogP contribution in [0.25, 0.3) is 16.9 Å². The van der Waals surface area contributed by atoms with Gasteiger partial charge in [-0.05, 0) is 24.7 Å². The second-order valence-corrected chi connectivity index (χ2v) is 7.92. The molecule has 4 atom stereocenters. The molecule has 0 bridgehead atoms. The van der Waals surface area contributed by atoms with Gasteiger partial charge in [0.2, 0.25) is 5.95 Å². The predicted octanol–water partition coefficient (Wildman–Crippen LogP) is 1.51. The van der Waals surface area contributed by atoms with Crippen LogP contribution in [-0.2, 0) is 4.74 Å². The van der Waals surface area contributed by atoms with E-state index in [0.29, 0.717) is 19.0 Å². The molecule has 3 fully saturated rings. The number of alkyl halides is 1. The maximum Gasteiger partial charge on any atom is 0.243 e. The summed E-state index contributed by atoms with van der Waals surface area (Å²) in [6, 6.07) is -0.338. The van der Waals surface area contributed by atoms with Crippen LogP contribution in [0.5, 0.6) is 0 Å². The third kappa shape index (κ3) is 2.62. The van der Waals surface area contributed by atoms with Crippen LogP contribution < -0.4 is 10.2 Å². The van der Waals surface area contributed by atoms with Gasteiger partial charge in [0.25, 0.3) is 0 Å². The molecular weight excluding hydrogens is 363 g/mol. The number of anilines is 2. The van der Waals surface area contributed by atoms with Crippen molar-refractivity contribution in [3.63, 3.8) is 0 Å². The maximum absolute atomic E-state index is 14.1. The summed E-state index contributed by atoms with van der Waals surface area (Å²) in [6.45, 7) is 2.68. The first-order chi connectivity index (χ1) is 13.8. The number of nitrogens with zero attached hydrogens (tertiary/aromatic N) is 6. The lowest BCUT2D eigenvalue weighted by Crippen LogP contribution is -2.39. The van der Waals surface area contributed by atoms with Gasteiger partial charge in [-0.3, -0.25) is 5.10 Å². The number of ether oxygens (including phenoxy) is 1. The molecule has 0 radical (unpaired) electrons. The Morgan fingerprint density at radius 2 is 2.18 bits per heavy atom. The molecule has 3 aromatic rings. The molecule has 28 heavy (non-hydrogen) atoms. The van der Waals surface area contributed by atoms with Crippen molar-refractivity contribution < 1.29 is 9.13 Å². The lowest BCUT2D eigenvalue weighted by atomic mass is 10.1. The van der Waals surface area contributed by atoms with E-state index >= 15 is 0 Å². The Hall–Kier alpha value is -2.75. The van der Waals surface area contributed by atoms with Crippen LogP contribution in [0, 0.1) is 11.8 Å². The molecule has 2 N–H and O–H groups in total. The fourth-order valence-corrected chi connectivity index (χ4v) is 4.40. The normalized spacial score (nSPS) is 29.2. The lowest BCUT2D eigenvalue weighted by molar-refractivity contribution is 0.0284. The van der Waals surface area contributed by atoms with E-state index in [-0.39, 0.29) is 12.6 Å². The summed E-state index contributed by atoms with van der Waals surface area (Å²) in [5, 5.41) is 14.6. The van der Waals surface area contributed by atoms with Crippen molar-refractivity contribution in [3.05, 3.63) is 18.7 Å². The van der Waals surface area contributed by atoms with Gasteiger partial charge in [-0.15, -0.1) is 5.10 Å². The second-order valence-electron chi connectivity index (χ2n) is 7.92. The first-order valence-corrected chi connectivity index (χ1v) is 9.74. The molecule has 2 aliphatic heterocycles. The number of aromatic nitrogens is 6. The summed E-state index contributed by atoms with van der Waals surface area (Å²) >= 11 is 0. The molecule has 0 amide bonds. The summed E-state index contributed by atoms with van der Waals surface area (Å²) in [5.41, 5.74) is 3.47. The molecule has 3 aromatic heterocycles. The van der Waals surface area contributed by atoms with Crippen LogP contribution in [0.1, 0.15) is 12.8 Å². The fraction of sp³-hybridized carbons (Fsp3) is 0.556. The number of hydrogen-bond acceptors (Lipinski definition) is 7. The summed E-state index contributed by atoms with van der Waals surface area (Å²) in [5.74, 6) is 1.96. The van der Waals surface area contributed by atoms with Gasteiger partial charge < -0.3 is 15.0 Å². The molecule has 4 unspecified atom stereocenters. The van der Waals surface area contributed by atoms with Crippen molar-refractivity contribution in [2.24, 2.45) is 11.8 Å². The molecule has 1 saturated carbocycles. The number of nitrogens with one attached hydrogen (secondary N) is 2. The van der Waals surface area contributed by atoms with Crippen molar-refractivity contribution in [1.29, 1.82) is 0 Å². The number of fused-ring (bicyclic) bond motifs is 2. The Morgan fingerprint density at radius 1 is 1.29 bits per heavy atom. The van der Waals surface area contributed by atoms with Crippen LogP contribution in [-0.4, -0.2) is 68.3 Å². The van der Waals surface area contributed by atoms with Crippen molar-refractivity contribution >= 4 is 17.3 Å². The smallest absolute Gasteiger partial charge is 0.243 e. The van der Waals surface area contributed by atoms with Crippen LogP contribution in [0.4, 0.5) is 16.0 Å². The third-order valence-corrected chi connectivity index (χ3v) is 6.03. The molecule has 2 saturated heterocycles. The highest BCUT2D eigenvalue weighted by atomic mass is 19.1. The van der Waals surface area contributed by atoms with Crippen LogP contribution in [0.3, 0.4) is 0 Å². The summed E-state index contributed by atoms with van der Waals surface area (Å²) in [7, 11) is 0. The lowest BCUT2D eigenvalue weighted by Gasteiger charge is -2.26. The van der Waals surface area contributed by atoms with E-state index in [0.717, 1.165) is 47.5 Å². The van der Waals surface area contributed by atoms with E-state index in [4.69, 9.17) is 9.72 Å². The van der Waals surface area contributed by atoms with Gasteiger partial charge in [0, 0.05) is 31.5 Å². The first kappa shape index (κ1) is 16.2. The topological polar surface area (TPSA) is 96.3 Å². The van der Waals surface area contributed by atoms with Gasteiger partial charge in [-0.1, -0.05) is 0 Å². The number of halogens is 1. The zero-order chi connectivity index (χ0) is 18.7. The van der Waals surface area contributed by atoms with Gasteiger partial charge in [-0.2, -0.15) is 14.6 Å². The highest BCUT2D eigenvalue weighted by Gasteiger charge is 2.46. The second kappa shape index (κ2) is 6.13. The minimum atomic E-state index is -1.06. The minimum absolute atomic E-state index is 0.110. The number of hydrogen-bond donors (Lipinski definition) is 2. The van der Waals surface area contributed by atoms with Gasteiger partial charge in [0.1, 0.15) is 23.9 Å². The largest absolute Gasteiger partial charge is 0.378 e. The van der Waals surface area contributed by atoms with Gasteiger partial charge >= 0.3 is 0 Å². The van der Waals surface area contributed by atoms with Crippen LogP contribution >= 0.6 is 0 Å². The quantitative estimate of drug-likeness (QED) is 0.704. The summed E-state index contributed by atoms with van der Waals surface area (Å²) < 4.78 is 21.0. The zero-order valence-electron chi connectivity index (χ0n) is 15.3. The maximum atomic E-state index is 14.1. The molecule has 10 heteroatoms. The van der Waals surface area contributed by atoms with Crippen LogP contribution in [0.2, 0.25) is 0 Å². The molecule has 5 heterocycles. The number of H-pyrrole nitrogens is 1. The highest BCUT2D eigenvalue weighted by molar-refractivity contribution is 5.85. The Morgan fingerprint density at radius 3 is 2.96 bits per heavy atom. The molecule has 1 aliphatic carbocycles. The predicted molar refractivity (Wildman–Crippen MR) is 99.9 cm³/mol. The average molecular weight is 384 g/mol. The average Bonchev–Trinajstić information content (AvgIpc) is 3.14.